The van der Waals surface area contributed by atoms with Gasteiger partial charge in [-0.2, -0.15) is 0 Å². The van der Waals surface area contributed by atoms with E-state index in [4.69, 9.17) is 4.42 Å². The van der Waals surface area contributed by atoms with E-state index in [1.165, 1.54) is 60.5 Å². The molecule has 1 aliphatic carbocycles. The number of furan rings is 1. The summed E-state index contributed by atoms with van der Waals surface area (Å²) in [4.78, 5) is 0. The quantitative estimate of drug-likeness (QED) is 0.251. The SMILES string of the molecule is c1ccc(-c2ccc(C3c4ccccc4-c4ccc5ccc6c7ccccc7oc6c5c43)cc2)cc1. The zero-order valence-electron chi connectivity index (χ0n) is 19.6. The fraction of sp³-hybridized carbons (Fsp3) is 0.0286. The summed E-state index contributed by atoms with van der Waals surface area (Å²) in [5, 5.41) is 4.81. The molecule has 168 valence electrons. The highest BCUT2D eigenvalue weighted by atomic mass is 16.3. The maximum atomic E-state index is 6.55. The van der Waals surface area contributed by atoms with E-state index < -0.39 is 0 Å². The Morgan fingerprint density at radius 1 is 0.500 bits per heavy atom. The largest absolute Gasteiger partial charge is 0.455 e. The van der Waals surface area contributed by atoms with Gasteiger partial charge in [0.2, 0.25) is 0 Å². The molecule has 8 rings (SSSR count). The van der Waals surface area contributed by atoms with Crippen LogP contribution in [-0.2, 0) is 0 Å². The summed E-state index contributed by atoms with van der Waals surface area (Å²) in [6, 6.07) is 45.9. The van der Waals surface area contributed by atoms with Crippen molar-refractivity contribution in [2.75, 3.05) is 0 Å². The summed E-state index contributed by atoms with van der Waals surface area (Å²) >= 11 is 0. The predicted molar refractivity (Wildman–Crippen MR) is 149 cm³/mol. The maximum absolute atomic E-state index is 6.55. The Morgan fingerprint density at radius 2 is 1.22 bits per heavy atom. The van der Waals surface area contributed by atoms with E-state index in [1.54, 1.807) is 0 Å². The van der Waals surface area contributed by atoms with Crippen molar-refractivity contribution < 1.29 is 4.42 Å². The van der Waals surface area contributed by atoms with Crippen molar-refractivity contribution in [2.24, 2.45) is 0 Å². The van der Waals surface area contributed by atoms with Crippen LogP contribution in [0.2, 0.25) is 0 Å². The van der Waals surface area contributed by atoms with Gasteiger partial charge in [0.1, 0.15) is 11.2 Å². The molecule has 1 heteroatoms. The maximum Gasteiger partial charge on any atom is 0.143 e. The fourth-order valence-corrected chi connectivity index (χ4v) is 6.15. The monoisotopic (exact) mass is 458 g/mol. The number of fused-ring (bicyclic) bond motifs is 9. The molecule has 0 radical (unpaired) electrons. The van der Waals surface area contributed by atoms with Gasteiger partial charge in [-0.05, 0) is 56.5 Å². The second-order valence-corrected chi connectivity index (χ2v) is 9.67. The Morgan fingerprint density at radius 3 is 2.11 bits per heavy atom. The molecule has 1 unspecified atom stereocenters. The number of rotatable bonds is 2. The standard InChI is InChI=1S/C35H22O/c1-2-8-22(9-3-1)23-14-16-24(17-15-23)32-28-12-5-4-10-26(28)29-20-18-25-19-21-30-27-11-6-7-13-31(27)36-35(30)33(25)34(29)32/h1-21,32H. The highest BCUT2D eigenvalue weighted by Crippen LogP contribution is 2.52. The average Bonchev–Trinajstić information content (AvgIpc) is 3.49. The Balaban J connectivity index is 1.42. The van der Waals surface area contributed by atoms with Gasteiger partial charge in [-0.3, -0.25) is 0 Å². The molecule has 0 bridgehead atoms. The second-order valence-electron chi connectivity index (χ2n) is 9.67. The third kappa shape index (κ3) is 2.71. The Labute approximate surface area is 209 Å². The molecule has 0 N–H and O–H groups in total. The first-order valence-corrected chi connectivity index (χ1v) is 12.5. The highest BCUT2D eigenvalue weighted by molar-refractivity contribution is 6.17. The molecule has 7 aromatic rings. The van der Waals surface area contributed by atoms with Crippen LogP contribution in [0.15, 0.2) is 132 Å². The summed E-state index contributed by atoms with van der Waals surface area (Å²) in [6.45, 7) is 0. The van der Waals surface area contributed by atoms with Crippen LogP contribution in [-0.4, -0.2) is 0 Å². The highest BCUT2D eigenvalue weighted by Gasteiger charge is 2.32. The lowest BCUT2D eigenvalue weighted by Gasteiger charge is -2.17. The zero-order chi connectivity index (χ0) is 23.6. The summed E-state index contributed by atoms with van der Waals surface area (Å²) in [5.74, 6) is 0.156. The van der Waals surface area contributed by atoms with Crippen molar-refractivity contribution >= 4 is 32.7 Å². The van der Waals surface area contributed by atoms with Gasteiger partial charge in [-0.15, -0.1) is 0 Å². The minimum absolute atomic E-state index is 0.156. The van der Waals surface area contributed by atoms with E-state index in [9.17, 15) is 0 Å². The van der Waals surface area contributed by atoms with Gasteiger partial charge in [0, 0.05) is 22.1 Å². The van der Waals surface area contributed by atoms with Gasteiger partial charge in [-0.1, -0.05) is 115 Å². The first kappa shape index (κ1) is 19.7. The Kier molecular flexibility index (Phi) is 4.06. The van der Waals surface area contributed by atoms with Gasteiger partial charge in [0.25, 0.3) is 0 Å². The van der Waals surface area contributed by atoms with Crippen LogP contribution in [0.5, 0.6) is 0 Å². The lowest BCUT2D eigenvalue weighted by atomic mass is 9.85. The lowest BCUT2D eigenvalue weighted by Crippen LogP contribution is -2.00. The fourth-order valence-electron chi connectivity index (χ4n) is 6.15. The Hall–Kier alpha value is -4.62. The molecule has 0 saturated heterocycles. The van der Waals surface area contributed by atoms with Gasteiger partial charge in [0.15, 0.2) is 0 Å². The molecule has 1 atom stereocenters. The van der Waals surface area contributed by atoms with Crippen molar-refractivity contribution in [3.63, 3.8) is 0 Å². The summed E-state index contributed by atoms with van der Waals surface area (Å²) in [5.41, 5.74) is 11.1. The van der Waals surface area contributed by atoms with Crippen LogP contribution >= 0.6 is 0 Å². The smallest absolute Gasteiger partial charge is 0.143 e. The topological polar surface area (TPSA) is 13.1 Å². The van der Waals surface area contributed by atoms with E-state index >= 15 is 0 Å². The molecule has 1 aliphatic rings. The van der Waals surface area contributed by atoms with E-state index in [0.717, 1.165) is 11.2 Å². The van der Waals surface area contributed by atoms with Gasteiger partial charge >= 0.3 is 0 Å². The van der Waals surface area contributed by atoms with Gasteiger partial charge < -0.3 is 4.42 Å². The van der Waals surface area contributed by atoms with Gasteiger partial charge in [-0.25, -0.2) is 0 Å². The van der Waals surface area contributed by atoms with Crippen molar-refractivity contribution in [2.45, 2.75) is 5.92 Å². The normalized spacial score (nSPS) is 14.4. The van der Waals surface area contributed by atoms with Crippen LogP contribution < -0.4 is 0 Å². The summed E-state index contributed by atoms with van der Waals surface area (Å²) in [7, 11) is 0. The molecule has 1 nitrogen and oxygen atoms in total. The second kappa shape index (κ2) is 7.44. The van der Waals surface area contributed by atoms with E-state index in [-0.39, 0.29) is 5.92 Å². The van der Waals surface area contributed by atoms with Crippen molar-refractivity contribution in [3.8, 4) is 22.3 Å². The number of para-hydroxylation sites is 1. The minimum atomic E-state index is 0.156. The molecule has 0 spiro atoms. The number of benzene rings is 6. The molecule has 0 amide bonds. The molecule has 0 fully saturated rings. The van der Waals surface area contributed by atoms with Crippen LogP contribution in [0.1, 0.15) is 22.6 Å². The first-order chi connectivity index (χ1) is 17.9. The number of hydrogen-bond donors (Lipinski definition) is 0. The molecule has 36 heavy (non-hydrogen) atoms. The molecule has 0 saturated carbocycles. The molecular weight excluding hydrogens is 436 g/mol. The predicted octanol–water partition coefficient (Wildman–Crippen LogP) is 9.57. The van der Waals surface area contributed by atoms with Crippen molar-refractivity contribution in [1.29, 1.82) is 0 Å². The third-order valence-electron chi connectivity index (χ3n) is 7.77. The molecule has 1 aromatic heterocycles. The van der Waals surface area contributed by atoms with Gasteiger partial charge in [0.05, 0.1) is 0 Å². The summed E-state index contributed by atoms with van der Waals surface area (Å²) in [6.07, 6.45) is 0. The van der Waals surface area contributed by atoms with Crippen LogP contribution in [0.4, 0.5) is 0 Å². The average molecular weight is 459 g/mol. The molecule has 1 heterocycles. The summed E-state index contributed by atoms with van der Waals surface area (Å²) < 4.78 is 6.55. The third-order valence-corrected chi connectivity index (χ3v) is 7.77. The molecule has 6 aromatic carbocycles. The van der Waals surface area contributed by atoms with Crippen molar-refractivity contribution in [1.82, 2.24) is 0 Å². The van der Waals surface area contributed by atoms with E-state index in [0.29, 0.717) is 0 Å². The Bertz CT molecular complexity index is 1920. The lowest BCUT2D eigenvalue weighted by molar-refractivity contribution is 0.672. The first-order valence-electron chi connectivity index (χ1n) is 12.5. The van der Waals surface area contributed by atoms with E-state index in [1.807, 2.05) is 6.07 Å². The zero-order valence-corrected chi connectivity index (χ0v) is 19.6. The number of hydrogen-bond acceptors (Lipinski definition) is 1. The molecular formula is C35H22O. The minimum Gasteiger partial charge on any atom is -0.455 e. The van der Waals surface area contributed by atoms with Crippen molar-refractivity contribution in [3.05, 3.63) is 144 Å². The van der Waals surface area contributed by atoms with E-state index in [2.05, 4.69) is 121 Å². The van der Waals surface area contributed by atoms with Crippen LogP contribution in [0.3, 0.4) is 0 Å². The van der Waals surface area contributed by atoms with Crippen LogP contribution in [0, 0.1) is 0 Å². The van der Waals surface area contributed by atoms with Crippen LogP contribution in [0.25, 0.3) is 55.0 Å². The molecule has 0 aliphatic heterocycles.